The summed E-state index contributed by atoms with van der Waals surface area (Å²) >= 11 is 0. The molecule has 0 saturated carbocycles. The van der Waals surface area contributed by atoms with Crippen LogP contribution in [0.1, 0.15) is 6.42 Å². The van der Waals surface area contributed by atoms with E-state index in [0.717, 1.165) is 0 Å². The Morgan fingerprint density at radius 3 is 2.44 bits per heavy atom. The van der Waals surface area contributed by atoms with Gasteiger partial charge in [0, 0.05) is 0 Å². The summed E-state index contributed by atoms with van der Waals surface area (Å²) in [5.41, 5.74) is 5.99. The van der Waals surface area contributed by atoms with Crippen LogP contribution in [0.15, 0.2) is 46.6 Å². The third kappa shape index (κ3) is 0.275. The average Bonchev–Trinajstić information content (AvgIpc) is 1.88. The van der Waals surface area contributed by atoms with Gasteiger partial charge < -0.3 is 0 Å². The quantitative estimate of drug-likeness (QED) is 0.452. The van der Waals surface area contributed by atoms with Crippen LogP contribution in [-0.4, -0.2) is 0 Å². The summed E-state index contributed by atoms with van der Waals surface area (Å²) in [7, 11) is 0. The Morgan fingerprint density at radius 2 is 2.11 bits per heavy atom. The third-order valence-electron chi connectivity index (χ3n) is 2.23. The van der Waals surface area contributed by atoms with Crippen LogP contribution in [-0.2, 0) is 0 Å². The maximum atomic E-state index is 2.30. The van der Waals surface area contributed by atoms with Crippen molar-refractivity contribution in [3.8, 4) is 0 Å². The lowest BCUT2D eigenvalue weighted by atomic mass is 9.88. The molecule has 42 valence electrons. The van der Waals surface area contributed by atoms with Crippen molar-refractivity contribution in [2.45, 2.75) is 6.42 Å². The predicted molar refractivity (Wildman–Crippen MR) is 36.9 cm³/mol. The van der Waals surface area contributed by atoms with Crippen LogP contribution in [0.25, 0.3) is 0 Å². The second-order valence-electron chi connectivity index (χ2n) is 2.69. The summed E-state index contributed by atoms with van der Waals surface area (Å²) < 4.78 is 0. The minimum atomic E-state index is 1.20. The largest absolute Gasteiger partial charge is 0.0719 e. The molecule has 0 nitrogen and oxygen atoms in total. The molecule has 0 unspecified atom stereocenters. The van der Waals surface area contributed by atoms with Crippen molar-refractivity contribution in [3.63, 3.8) is 0 Å². The smallest absolute Gasteiger partial charge is 0.00819 e. The molecule has 0 spiro atoms. The van der Waals surface area contributed by atoms with Crippen molar-refractivity contribution in [2.75, 3.05) is 0 Å². The maximum Gasteiger partial charge on any atom is -0.00819 e. The van der Waals surface area contributed by atoms with Gasteiger partial charge in [0.1, 0.15) is 0 Å². The van der Waals surface area contributed by atoms with Gasteiger partial charge in [-0.1, -0.05) is 24.3 Å². The Kier molecular flexibility index (Phi) is 0.419. The summed E-state index contributed by atoms with van der Waals surface area (Å²) in [5.74, 6) is 0. The van der Waals surface area contributed by atoms with Gasteiger partial charge in [-0.2, -0.15) is 0 Å². The van der Waals surface area contributed by atoms with Crippen molar-refractivity contribution >= 4 is 0 Å². The Hall–Kier alpha value is -1.04. The van der Waals surface area contributed by atoms with Crippen LogP contribution in [0.3, 0.4) is 0 Å². The van der Waals surface area contributed by atoms with E-state index in [1.165, 1.54) is 23.1 Å². The fourth-order valence-electron chi connectivity index (χ4n) is 1.56. The molecule has 0 aromatic heterocycles. The van der Waals surface area contributed by atoms with Crippen LogP contribution in [0.5, 0.6) is 0 Å². The molecule has 0 aromatic rings. The first-order valence-electron chi connectivity index (χ1n) is 3.29. The zero-order valence-corrected chi connectivity index (χ0v) is 5.02. The minimum Gasteiger partial charge on any atom is -0.0719 e. The summed E-state index contributed by atoms with van der Waals surface area (Å²) in [5, 5.41) is 0. The fourth-order valence-corrected chi connectivity index (χ4v) is 1.56. The van der Waals surface area contributed by atoms with Crippen LogP contribution in [0.2, 0.25) is 0 Å². The van der Waals surface area contributed by atoms with Gasteiger partial charge in [-0.05, 0) is 28.7 Å². The maximum absolute atomic E-state index is 2.30. The number of hydrogen-bond donors (Lipinski definition) is 0. The van der Waals surface area contributed by atoms with Gasteiger partial charge in [0.15, 0.2) is 0 Å². The average molecular weight is 114 g/mol. The molecule has 0 amide bonds. The van der Waals surface area contributed by atoms with Crippen molar-refractivity contribution in [3.05, 3.63) is 46.6 Å². The van der Waals surface area contributed by atoms with Crippen LogP contribution in [0.4, 0.5) is 0 Å². The van der Waals surface area contributed by atoms with E-state index in [2.05, 4.69) is 24.3 Å². The minimum absolute atomic E-state index is 1.20. The highest BCUT2D eigenvalue weighted by Crippen LogP contribution is 2.46. The molecule has 9 heavy (non-hydrogen) atoms. The van der Waals surface area contributed by atoms with E-state index in [4.69, 9.17) is 0 Å². The summed E-state index contributed by atoms with van der Waals surface area (Å²) in [4.78, 5) is 0. The highest BCUT2D eigenvalue weighted by molar-refractivity contribution is 5.76. The zero-order valence-electron chi connectivity index (χ0n) is 5.02. The van der Waals surface area contributed by atoms with Gasteiger partial charge in [0.25, 0.3) is 0 Å². The normalized spacial score (nSPS) is 25.8. The van der Waals surface area contributed by atoms with Gasteiger partial charge in [-0.15, -0.1) is 0 Å². The third-order valence-corrected chi connectivity index (χ3v) is 2.23. The number of rotatable bonds is 0. The highest BCUT2D eigenvalue weighted by Gasteiger charge is 2.28. The number of fused-ring (bicyclic) bond motifs is 3. The molecule has 0 atom stereocenters. The second-order valence-corrected chi connectivity index (χ2v) is 2.69. The molecule has 0 bridgehead atoms. The Labute approximate surface area is 53.9 Å². The molecular weight excluding hydrogens is 108 g/mol. The van der Waals surface area contributed by atoms with Gasteiger partial charge in [-0.25, -0.2) is 0 Å². The van der Waals surface area contributed by atoms with E-state index in [1.807, 2.05) is 0 Å². The molecule has 0 radical (unpaired) electrons. The zero-order chi connectivity index (χ0) is 5.84. The van der Waals surface area contributed by atoms with Crippen molar-refractivity contribution < 1.29 is 0 Å². The number of allylic oxidation sites excluding steroid dienone is 8. The molecule has 0 heterocycles. The first kappa shape index (κ1) is 3.89. The van der Waals surface area contributed by atoms with E-state index < -0.39 is 0 Å². The molecule has 3 aliphatic carbocycles. The van der Waals surface area contributed by atoms with Gasteiger partial charge in [0.05, 0.1) is 0 Å². The van der Waals surface area contributed by atoms with Gasteiger partial charge in [-0.3, -0.25) is 0 Å². The Bertz CT molecular complexity index is 305. The monoisotopic (exact) mass is 114 g/mol. The van der Waals surface area contributed by atoms with Crippen molar-refractivity contribution in [1.82, 2.24) is 0 Å². The van der Waals surface area contributed by atoms with Crippen LogP contribution >= 0.6 is 0 Å². The molecule has 0 aromatic carbocycles. The summed E-state index contributed by atoms with van der Waals surface area (Å²) in [6.07, 6.45) is 10.2. The van der Waals surface area contributed by atoms with Crippen LogP contribution < -0.4 is 0 Å². The Morgan fingerprint density at radius 1 is 1.11 bits per heavy atom. The molecule has 3 rings (SSSR count). The van der Waals surface area contributed by atoms with E-state index in [-0.39, 0.29) is 0 Å². The Balaban J connectivity index is 2.33. The lowest BCUT2D eigenvalue weighted by Crippen LogP contribution is -1.98. The van der Waals surface area contributed by atoms with Crippen molar-refractivity contribution in [1.29, 1.82) is 0 Å². The molecule has 0 saturated heterocycles. The van der Waals surface area contributed by atoms with E-state index in [9.17, 15) is 0 Å². The second kappa shape index (κ2) is 0.971. The molecular formula is C9H6. The summed E-state index contributed by atoms with van der Waals surface area (Å²) in [6, 6.07) is 0. The molecule has 3 aliphatic rings. The first-order chi connectivity index (χ1) is 4.45. The van der Waals surface area contributed by atoms with Crippen molar-refractivity contribution in [2.24, 2.45) is 0 Å². The van der Waals surface area contributed by atoms with Gasteiger partial charge in [0.2, 0.25) is 0 Å². The summed E-state index contributed by atoms with van der Waals surface area (Å²) in [6.45, 7) is 0. The standard InChI is InChI=1S/C9H6/c1-3-8-6(1)5-7-2-4-9(7)8/h1,3-5H,2H2. The predicted octanol–water partition coefficient (Wildman–Crippen LogP) is 2.12. The molecule has 0 N–H and O–H groups in total. The van der Waals surface area contributed by atoms with Crippen LogP contribution in [0, 0.1) is 0 Å². The number of hydrogen-bond acceptors (Lipinski definition) is 0. The highest BCUT2D eigenvalue weighted by atomic mass is 14.3. The van der Waals surface area contributed by atoms with Gasteiger partial charge >= 0.3 is 0 Å². The first-order valence-corrected chi connectivity index (χ1v) is 3.29. The lowest BCUT2D eigenvalue weighted by Gasteiger charge is -2.16. The lowest BCUT2D eigenvalue weighted by molar-refractivity contribution is 1.14. The molecule has 0 heteroatoms. The van der Waals surface area contributed by atoms with E-state index in [1.54, 1.807) is 5.57 Å². The molecule has 0 aliphatic heterocycles. The van der Waals surface area contributed by atoms with E-state index >= 15 is 0 Å². The molecule has 0 fully saturated rings. The fraction of sp³-hybridized carbons (Fsp3) is 0.111. The van der Waals surface area contributed by atoms with E-state index in [0.29, 0.717) is 0 Å². The topological polar surface area (TPSA) is 0 Å². The SMILES string of the molecule is C1=C2C=C3CC=C3C2=C1.